The molecule has 4 rings (SSSR count). The number of rotatable bonds is 4. The Labute approximate surface area is 158 Å². The molecule has 0 amide bonds. The van der Waals surface area contributed by atoms with Crippen LogP contribution in [0.15, 0.2) is 30.5 Å². The zero-order valence-electron chi connectivity index (χ0n) is 15.1. The Morgan fingerprint density at radius 2 is 2.35 bits per heavy atom. The fourth-order valence-corrected chi connectivity index (χ4v) is 4.46. The molecule has 26 heavy (non-hydrogen) atoms. The SMILES string of the molecule is COc1cccc(-c2ncc(CN3CCOC4(CNCCOC4)C3)s2)c1. The van der Waals surface area contributed by atoms with Gasteiger partial charge in [0.1, 0.15) is 16.4 Å². The van der Waals surface area contributed by atoms with Crippen LogP contribution in [-0.2, 0) is 16.0 Å². The van der Waals surface area contributed by atoms with Gasteiger partial charge in [-0.05, 0) is 12.1 Å². The molecule has 7 heteroatoms. The molecule has 0 radical (unpaired) electrons. The largest absolute Gasteiger partial charge is 0.497 e. The summed E-state index contributed by atoms with van der Waals surface area (Å²) in [6, 6.07) is 8.05. The normalized spacial score (nSPS) is 24.5. The van der Waals surface area contributed by atoms with Gasteiger partial charge in [-0.25, -0.2) is 4.98 Å². The van der Waals surface area contributed by atoms with E-state index in [-0.39, 0.29) is 5.60 Å². The number of hydrogen-bond donors (Lipinski definition) is 1. The van der Waals surface area contributed by atoms with Crippen molar-refractivity contribution in [2.75, 3.05) is 53.1 Å². The van der Waals surface area contributed by atoms with Crippen LogP contribution in [0.4, 0.5) is 0 Å². The highest BCUT2D eigenvalue weighted by atomic mass is 32.1. The van der Waals surface area contributed by atoms with Crippen molar-refractivity contribution in [3.05, 3.63) is 35.3 Å². The first kappa shape index (κ1) is 17.9. The van der Waals surface area contributed by atoms with E-state index in [1.54, 1.807) is 18.4 Å². The molecule has 1 aromatic carbocycles. The summed E-state index contributed by atoms with van der Waals surface area (Å²) in [5, 5.41) is 4.46. The van der Waals surface area contributed by atoms with E-state index in [4.69, 9.17) is 14.2 Å². The molecule has 1 spiro atoms. The molecule has 0 bridgehead atoms. The maximum absolute atomic E-state index is 6.10. The molecule has 140 valence electrons. The van der Waals surface area contributed by atoms with E-state index in [0.717, 1.165) is 62.3 Å². The van der Waals surface area contributed by atoms with Gasteiger partial charge in [0.2, 0.25) is 0 Å². The number of hydrogen-bond acceptors (Lipinski definition) is 7. The third-order valence-corrected chi connectivity index (χ3v) is 5.84. The zero-order chi connectivity index (χ0) is 17.8. The molecule has 2 aliphatic rings. The summed E-state index contributed by atoms with van der Waals surface area (Å²) in [7, 11) is 1.69. The van der Waals surface area contributed by atoms with Gasteiger partial charge in [0.15, 0.2) is 0 Å². The highest BCUT2D eigenvalue weighted by molar-refractivity contribution is 7.15. The lowest BCUT2D eigenvalue weighted by Crippen LogP contribution is -2.57. The third-order valence-electron chi connectivity index (χ3n) is 4.81. The lowest BCUT2D eigenvalue weighted by molar-refractivity contribution is -0.135. The fourth-order valence-electron chi connectivity index (χ4n) is 3.51. The van der Waals surface area contributed by atoms with Gasteiger partial charge in [-0.15, -0.1) is 11.3 Å². The van der Waals surface area contributed by atoms with Crippen molar-refractivity contribution >= 4 is 11.3 Å². The summed E-state index contributed by atoms with van der Waals surface area (Å²) in [6.45, 7) is 6.61. The first-order valence-electron chi connectivity index (χ1n) is 9.00. The first-order valence-corrected chi connectivity index (χ1v) is 9.82. The topological polar surface area (TPSA) is 55.9 Å². The van der Waals surface area contributed by atoms with E-state index in [9.17, 15) is 0 Å². The standard InChI is InChI=1S/C19H25N3O3S/c1-23-16-4-2-3-15(9-16)18-21-10-17(26-18)11-22-6-8-25-19(13-22)12-20-5-7-24-14-19/h2-4,9-10,20H,5-8,11-14H2,1H3. The number of ether oxygens (including phenoxy) is 3. The fraction of sp³-hybridized carbons (Fsp3) is 0.526. The van der Waals surface area contributed by atoms with Crippen molar-refractivity contribution in [1.29, 1.82) is 0 Å². The molecule has 0 saturated carbocycles. The van der Waals surface area contributed by atoms with E-state index in [2.05, 4.69) is 21.3 Å². The average molecular weight is 375 g/mol. The third kappa shape index (κ3) is 4.07. The molecule has 1 aromatic heterocycles. The molecular weight excluding hydrogens is 350 g/mol. The Kier molecular flexibility index (Phi) is 5.52. The van der Waals surface area contributed by atoms with Gasteiger partial charge in [-0.2, -0.15) is 0 Å². The van der Waals surface area contributed by atoms with Crippen LogP contribution in [-0.4, -0.2) is 68.6 Å². The number of nitrogens with one attached hydrogen (secondary N) is 1. The molecule has 0 aliphatic carbocycles. The molecule has 2 fully saturated rings. The van der Waals surface area contributed by atoms with Crippen molar-refractivity contribution in [2.24, 2.45) is 0 Å². The highest BCUT2D eigenvalue weighted by Gasteiger charge is 2.38. The summed E-state index contributed by atoms with van der Waals surface area (Å²) in [6.07, 6.45) is 1.99. The summed E-state index contributed by atoms with van der Waals surface area (Å²) >= 11 is 1.74. The van der Waals surface area contributed by atoms with Crippen LogP contribution >= 0.6 is 11.3 Å². The van der Waals surface area contributed by atoms with Crippen molar-refractivity contribution in [1.82, 2.24) is 15.2 Å². The first-order chi connectivity index (χ1) is 12.8. The van der Waals surface area contributed by atoms with E-state index in [0.29, 0.717) is 6.61 Å². The van der Waals surface area contributed by atoms with Crippen molar-refractivity contribution in [3.8, 4) is 16.3 Å². The second-order valence-electron chi connectivity index (χ2n) is 6.84. The minimum atomic E-state index is -0.227. The van der Waals surface area contributed by atoms with E-state index in [1.165, 1.54) is 4.88 Å². The van der Waals surface area contributed by atoms with Crippen molar-refractivity contribution < 1.29 is 14.2 Å². The van der Waals surface area contributed by atoms with E-state index in [1.807, 2.05) is 24.4 Å². The van der Waals surface area contributed by atoms with Crippen LogP contribution in [0.2, 0.25) is 0 Å². The lowest BCUT2D eigenvalue weighted by Gasteiger charge is -2.41. The van der Waals surface area contributed by atoms with Crippen LogP contribution in [0.1, 0.15) is 4.88 Å². The highest BCUT2D eigenvalue weighted by Crippen LogP contribution is 2.29. The predicted octanol–water partition coefficient (Wildman–Crippen LogP) is 2.01. The molecule has 2 saturated heterocycles. The van der Waals surface area contributed by atoms with Crippen LogP contribution in [0.5, 0.6) is 5.75 Å². The smallest absolute Gasteiger partial charge is 0.123 e. The van der Waals surface area contributed by atoms with Crippen LogP contribution in [0, 0.1) is 0 Å². The van der Waals surface area contributed by atoms with Gasteiger partial charge in [0, 0.05) is 49.4 Å². The molecular formula is C19H25N3O3S. The van der Waals surface area contributed by atoms with Gasteiger partial charge < -0.3 is 19.5 Å². The second kappa shape index (κ2) is 8.02. The number of nitrogens with zero attached hydrogens (tertiary/aromatic N) is 2. The molecule has 1 unspecified atom stereocenters. The molecule has 1 atom stereocenters. The van der Waals surface area contributed by atoms with Crippen LogP contribution in [0.3, 0.4) is 0 Å². The molecule has 1 N–H and O–H groups in total. The van der Waals surface area contributed by atoms with Gasteiger partial charge in [-0.1, -0.05) is 12.1 Å². The minimum absolute atomic E-state index is 0.227. The summed E-state index contributed by atoms with van der Waals surface area (Å²) in [4.78, 5) is 8.33. The summed E-state index contributed by atoms with van der Waals surface area (Å²) in [5.74, 6) is 0.857. The Morgan fingerprint density at radius 1 is 1.38 bits per heavy atom. The lowest BCUT2D eigenvalue weighted by atomic mass is 10.0. The molecule has 2 aromatic rings. The zero-order valence-corrected chi connectivity index (χ0v) is 15.9. The molecule has 6 nitrogen and oxygen atoms in total. The second-order valence-corrected chi connectivity index (χ2v) is 7.95. The summed E-state index contributed by atoms with van der Waals surface area (Å²) < 4.78 is 17.1. The Balaban J connectivity index is 1.43. The van der Waals surface area contributed by atoms with E-state index >= 15 is 0 Å². The maximum Gasteiger partial charge on any atom is 0.123 e. The quantitative estimate of drug-likeness (QED) is 0.882. The number of methoxy groups -OCH3 is 1. The van der Waals surface area contributed by atoms with Gasteiger partial charge in [0.05, 0.1) is 26.9 Å². The molecule has 3 heterocycles. The van der Waals surface area contributed by atoms with E-state index < -0.39 is 0 Å². The number of benzene rings is 1. The van der Waals surface area contributed by atoms with Crippen molar-refractivity contribution in [3.63, 3.8) is 0 Å². The Bertz CT molecular complexity index is 728. The summed E-state index contributed by atoms with van der Waals surface area (Å²) in [5.41, 5.74) is 0.870. The van der Waals surface area contributed by atoms with Gasteiger partial charge >= 0.3 is 0 Å². The Morgan fingerprint density at radius 3 is 3.27 bits per heavy atom. The Hall–Kier alpha value is -1.51. The molecule has 2 aliphatic heterocycles. The van der Waals surface area contributed by atoms with Crippen LogP contribution < -0.4 is 10.1 Å². The number of aromatic nitrogens is 1. The number of thiazole rings is 1. The van der Waals surface area contributed by atoms with Gasteiger partial charge in [0.25, 0.3) is 0 Å². The number of morpholine rings is 1. The minimum Gasteiger partial charge on any atom is -0.497 e. The van der Waals surface area contributed by atoms with Crippen LogP contribution in [0.25, 0.3) is 10.6 Å². The van der Waals surface area contributed by atoms with Gasteiger partial charge in [-0.3, -0.25) is 4.90 Å². The monoisotopic (exact) mass is 375 g/mol. The predicted molar refractivity (Wildman–Crippen MR) is 102 cm³/mol. The maximum atomic E-state index is 6.10. The van der Waals surface area contributed by atoms with Crippen molar-refractivity contribution in [2.45, 2.75) is 12.1 Å². The average Bonchev–Trinajstić information content (AvgIpc) is 3.02.